The van der Waals surface area contributed by atoms with Crippen molar-refractivity contribution in [2.75, 3.05) is 30.0 Å². The summed E-state index contributed by atoms with van der Waals surface area (Å²) >= 11 is 0. The van der Waals surface area contributed by atoms with Crippen LogP contribution < -0.4 is 16.0 Å². The fraction of sp³-hybridized carbons (Fsp3) is 0.167. The highest BCUT2D eigenvalue weighted by Gasteiger charge is 2.15. The topological polar surface area (TPSA) is 104 Å². The van der Waals surface area contributed by atoms with Gasteiger partial charge in [-0.15, -0.1) is 0 Å². The zero-order chi connectivity index (χ0) is 24.2. The van der Waals surface area contributed by atoms with Gasteiger partial charge in [0.1, 0.15) is 11.6 Å². The molecule has 0 radical (unpaired) electrons. The molecule has 0 aliphatic carbocycles. The molecule has 0 aliphatic rings. The van der Waals surface area contributed by atoms with E-state index in [9.17, 15) is 14.0 Å². The molecule has 0 saturated carbocycles. The lowest BCUT2D eigenvalue weighted by molar-refractivity contribution is 0.102. The first-order valence-corrected chi connectivity index (χ1v) is 10.5. The lowest BCUT2D eigenvalue weighted by Crippen LogP contribution is -2.27. The van der Waals surface area contributed by atoms with Gasteiger partial charge in [0.25, 0.3) is 5.91 Å². The maximum Gasteiger partial charge on any atom is 0.322 e. The quantitative estimate of drug-likeness (QED) is 0.402. The Kier molecular flexibility index (Phi) is 6.39. The summed E-state index contributed by atoms with van der Waals surface area (Å²) in [5.74, 6) is -0.585. The largest absolute Gasteiger partial charge is 0.380 e. The number of nitrogens with one attached hydrogen (secondary N) is 3. The molecular weight excluding hydrogens is 437 g/mol. The summed E-state index contributed by atoms with van der Waals surface area (Å²) in [5.41, 5.74) is 2.39. The molecule has 0 atom stereocenters. The first-order valence-electron chi connectivity index (χ1n) is 10.5. The average Bonchev–Trinajstić information content (AvgIpc) is 3.16. The van der Waals surface area contributed by atoms with Crippen molar-refractivity contribution in [2.45, 2.75) is 6.54 Å². The third-order valence-corrected chi connectivity index (χ3v) is 5.08. The summed E-state index contributed by atoms with van der Waals surface area (Å²) in [5, 5.41) is 13.5. The number of anilines is 3. The van der Waals surface area contributed by atoms with E-state index in [0.29, 0.717) is 29.1 Å². The molecule has 2 aromatic heterocycles. The van der Waals surface area contributed by atoms with Crippen LogP contribution in [0.2, 0.25) is 0 Å². The van der Waals surface area contributed by atoms with Crippen LogP contribution >= 0.6 is 0 Å². The Labute approximate surface area is 195 Å². The third kappa shape index (κ3) is 5.12. The van der Waals surface area contributed by atoms with E-state index >= 15 is 0 Å². The van der Waals surface area contributed by atoms with E-state index in [1.807, 2.05) is 0 Å². The Morgan fingerprint density at radius 1 is 1.06 bits per heavy atom. The fourth-order valence-corrected chi connectivity index (χ4v) is 3.36. The van der Waals surface area contributed by atoms with Crippen molar-refractivity contribution in [3.63, 3.8) is 0 Å². The summed E-state index contributed by atoms with van der Waals surface area (Å²) < 4.78 is 16.1. The van der Waals surface area contributed by atoms with Gasteiger partial charge in [-0.05, 0) is 35.9 Å². The number of halogens is 1. The number of aromatic nitrogens is 3. The van der Waals surface area contributed by atoms with Crippen molar-refractivity contribution in [3.05, 3.63) is 77.9 Å². The molecule has 2 aromatic carbocycles. The average molecular weight is 462 g/mol. The minimum Gasteiger partial charge on any atom is -0.380 e. The zero-order valence-electron chi connectivity index (χ0n) is 19.0. The van der Waals surface area contributed by atoms with Gasteiger partial charge in [-0.2, -0.15) is 5.10 Å². The normalized spacial score (nSPS) is 10.7. The Morgan fingerprint density at radius 3 is 2.65 bits per heavy atom. The highest BCUT2D eigenvalue weighted by atomic mass is 19.1. The highest BCUT2D eigenvalue weighted by molar-refractivity contribution is 6.08. The molecule has 9 nitrogen and oxygen atoms in total. The number of amides is 3. The second-order valence-corrected chi connectivity index (χ2v) is 7.92. The smallest absolute Gasteiger partial charge is 0.322 e. The molecule has 4 aromatic rings. The van der Waals surface area contributed by atoms with Crippen LogP contribution in [0.15, 0.2) is 60.9 Å². The van der Waals surface area contributed by atoms with Gasteiger partial charge in [-0.25, -0.2) is 14.2 Å². The molecule has 0 bridgehead atoms. The van der Waals surface area contributed by atoms with Crippen molar-refractivity contribution < 1.29 is 14.0 Å². The molecule has 3 amide bonds. The second kappa shape index (κ2) is 9.57. The number of rotatable bonds is 6. The summed E-state index contributed by atoms with van der Waals surface area (Å²) in [6, 6.07) is 13.1. The van der Waals surface area contributed by atoms with E-state index in [-0.39, 0.29) is 11.7 Å². The Balaban J connectivity index is 1.49. The summed E-state index contributed by atoms with van der Waals surface area (Å²) in [6.45, 7) is 0.383. The maximum atomic E-state index is 14.5. The molecule has 0 saturated heterocycles. The molecule has 0 spiro atoms. The van der Waals surface area contributed by atoms with Gasteiger partial charge in [0.15, 0.2) is 0 Å². The van der Waals surface area contributed by atoms with Gasteiger partial charge in [0, 0.05) is 57.2 Å². The predicted molar refractivity (Wildman–Crippen MR) is 129 cm³/mol. The number of urea groups is 1. The van der Waals surface area contributed by atoms with E-state index in [4.69, 9.17) is 0 Å². The number of aryl methyl sites for hydroxylation is 1. The van der Waals surface area contributed by atoms with Crippen molar-refractivity contribution >= 4 is 40.0 Å². The number of hydrogen-bond donors (Lipinski definition) is 3. The molecule has 0 unspecified atom stereocenters. The Bertz CT molecular complexity index is 1370. The van der Waals surface area contributed by atoms with Crippen molar-refractivity contribution in [1.29, 1.82) is 0 Å². The van der Waals surface area contributed by atoms with Gasteiger partial charge in [-0.1, -0.05) is 12.1 Å². The number of carbonyl (C=O) groups excluding carboxylic acids is 2. The molecule has 0 aliphatic heterocycles. The standard InChI is InChI=1S/C24H24FN7O2/c1-31(2)24(34)29-22-10-15(8-9-26-22)13-27-19-7-5-4-6-17(19)23(33)28-21-11-16-14-32(3)30-20(16)12-18(21)25/h4-12,14,27H,13H2,1-3H3,(H,28,33)(H,26,29,34). The van der Waals surface area contributed by atoms with Crippen LogP contribution in [0.3, 0.4) is 0 Å². The number of fused-ring (bicyclic) bond motifs is 1. The molecule has 34 heavy (non-hydrogen) atoms. The van der Waals surface area contributed by atoms with Crippen LogP contribution in [0.5, 0.6) is 0 Å². The monoisotopic (exact) mass is 461 g/mol. The van der Waals surface area contributed by atoms with Crippen molar-refractivity contribution in [2.24, 2.45) is 7.05 Å². The Hall–Kier alpha value is -4.47. The van der Waals surface area contributed by atoms with E-state index in [1.165, 1.54) is 11.0 Å². The second-order valence-electron chi connectivity index (χ2n) is 7.92. The number of hydrogen-bond acceptors (Lipinski definition) is 5. The zero-order valence-corrected chi connectivity index (χ0v) is 19.0. The Morgan fingerprint density at radius 2 is 1.85 bits per heavy atom. The van der Waals surface area contributed by atoms with E-state index in [2.05, 4.69) is 26.0 Å². The van der Waals surface area contributed by atoms with Gasteiger partial charge in [-0.3, -0.25) is 14.8 Å². The van der Waals surface area contributed by atoms with Gasteiger partial charge in [0.05, 0.1) is 16.8 Å². The van der Waals surface area contributed by atoms with Crippen LogP contribution in [0.1, 0.15) is 15.9 Å². The summed E-state index contributed by atoms with van der Waals surface area (Å²) in [7, 11) is 5.03. The van der Waals surface area contributed by atoms with Crippen LogP contribution in [0.25, 0.3) is 10.9 Å². The fourth-order valence-electron chi connectivity index (χ4n) is 3.36. The molecule has 3 N–H and O–H groups in total. The maximum absolute atomic E-state index is 14.5. The first-order chi connectivity index (χ1) is 16.3. The number of benzene rings is 2. The first kappa shape index (κ1) is 22.7. The lowest BCUT2D eigenvalue weighted by atomic mass is 10.1. The van der Waals surface area contributed by atoms with E-state index in [0.717, 1.165) is 10.9 Å². The molecule has 0 fully saturated rings. The predicted octanol–water partition coefficient (Wildman–Crippen LogP) is 4.07. The van der Waals surface area contributed by atoms with Gasteiger partial charge in [0.2, 0.25) is 0 Å². The number of pyridine rings is 1. The minimum absolute atomic E-state index is 0.0794. The van der Waals surface area contributed by atoms with Crippen LogP contribution in [-0.4, -0.2) is 45.7 Å². The molecule has 10 heteroatoms. The highest BCUT2D eigenvalue weighted by Crippen LogP contribution is 2.24. The summed E-state index contributed by atoms with van der Waals surface area (Å²) in [4.78, 5) is 30.4. The van der Waals surface area contributed by atoms with Crippen LogP contribution in [0, 0.1) is 5.82 Å². The van der Waals surface area contributed by atoms with Crippen LogP contribution in [-0.2, 0) is 13.6 Å². The molecule has 174 valence electrons. The minimum atomic E-state index is -0.561. The molecular formula is C24H24FN7O2. The van der Waals surface area contributed by atoms with E-state index in [1.54, 1.807) is 80.7 Å². The molecule has 4 rings (SSSR count). The van der Waals surface area contributed by atoms with Gasteiger partial charge < -0.3 is 15.5 Å². The van der Waals surface area contributed by atoms with Crippen LogP contribution in [0.4, 0.5) is 26.4 Å². The van der Waals surface area contributed by atoms with Crippen molar-refractivity contribution in [1.82, 2.24) is 19.7 Å². The SMILES string of the molecule is CN(C)C(=O)Nc1cc(CNc2ccccc2C(=O)Nc2cc3cn(C)nc3cc2F)ccn1. The summed E-state index contributed by atoms with van der Waals surface area (Å²) in [6.07, 6.45) is 3.35. The number of nitrogens with zero attached hydrogens (tertiary/aromatic N) is 4. The third-order valence-electron chi connectivity index (χ3n) is 5.08. The van der Waals surface area contributed by atoms with E-state index < -0.39 is 11.7 Å². The molecule has 2 heterocycles. The lowest BCUT2D eigenvalue weighted by Gasteiger charge is -2.14. The van der Waals surface area contributed by atoms with Gasteiger partial charge >= 0.3 is 6.03 Å². The number of para-hydroxylation sites is 1. The number of carbonyl (C=O) groups is 2. The van der Waals surface area contributed by atoms with Crippen molar-refractivity contribution in [3.8, 4) is 0 Å².